The van der Waals surface area contributed by atoms with E-state index in [2.05, 4.69) is 17.6 Å². The summed E-state index contributed by atoms with van der Waals surface area (Å²) in [5, 5.41) is 6.23. The number of amides is 1. The van der Waals surface area contributed by atoms with E-state index < -0.39 is 0 Å². The lowest BCUT2D eigenvalue weighted by Gasteiger charge is -2.11. The van der Waals surface area contributed by atoms with Gasteiger partial charge in [-0.2, -0.15) is 0 Å². The van der Waals surface area contributed by atoms with Crippen molar-refractivity contribution in [1.82, 2.24) is 5.32 Å². The molecule has 2 rings (SSSR count). The Bertz CT molecular complexity index is 726. The van der Waals surface area contributed by atoms with Gasteiger partial charge in [-0.15, -0.1) is 0 Å². The van der Waals surface area contributed by atoms with E-state index in [4.69, 9.17) is 4.74 Å². The van der Waals surface area contributed by atoms with E-state index >= 15 is 0 Å². The third kappa shape index (κ3) is 6.33. The first-order chi connectivity index (χ1) is 12.6. The summed E-state index contributed by atoms with van der Waals surface area (Å²) in [6.07, 6.45) is 1.01. The van der Waals surface area contributed by atoms with Gasteiger partial charge in [-0.25, -0.2) is 0 Å². The van der Waals surface area contributed by atoms with Gasteiger partial charge in [0.1, 0.15) is 5.75 Å². The van der Waals surface area contributed by atoms with Crippen LogP contribution in [0.5, 0.6) is 5.75 Å². The highest BCUT2D eigenvalue weighted by atomic mass is 16.5. The minimum Gasteiger partial charge on any atom is -0.494 e. The Labute approximate surface area is 154 Å². The summed E-state index contributed by atoms with van der Waals surface area (Å²) in [4.78, 5) is 23.4. The lowest BCUT2D eigenvalue weighted by Crippen LogP contribution is -2.17. The zero-order valence-electron chi connectivity index (χ0n) is 15.4. The second-order valence-electron chi connectivity index (χ2n) is 6.02. The minimum atomic E-state index is -0.0236. The monoisotopic (exact) mass is 354 g/mol. The van der Waals surface area contributed by atoms with Crippen molar-refractivity contribution in [3.63, 3.8) is 0 Å². The summed E-state index contributed by atoms with van der Waals surface area (Å²) in [5.74, 6) is 0.707. The number of rotatable bonds is 10. The molecule has 0 aliphatic carbocycles. The number of hydrogen-bond donors (Lipinski definition) is 2. The molecule has 2 aromatic rings. The molecule has 0 heterocycles. The van der Waals surface area contributed by atoms with Gasteiger partial charge in [0.05, 0.1) is 6.61 Å². The van der Waals surface area contributed by atoms with Crippen LogP contribution in [-0.2, 0) is 11.3 Å². The second-order valence-corrected chi connectivity index (χ2v) is 6.02. The summed E-state index contributed by atoms with van der Waals surface area (Å²) in [6, 6.07) is 14.8. The van der Waals surface area contributed by atoms with Gasteiger partial charge in [0.25, 0.3) is 0 Å². The van der Waals surface area contributed by atoms with Crippen LogP contribution < -0.4 is 15.4 Å². The van der Waals surface area contributed by atoms with Crippen LogP contribution in [-0.4, -0.2) is 24.8 Å². The van der Waals surface area contributed by atoms with Gasteiger partial charge >= 0.3 is 0 Å². The summed E-state index contributed by atoms with van der Waals surface area (Å²) < 4.78 is 5.62. The molecule has 0 aliphatic rings. The molecule has 0 unspecified atom stereocenters. The standard InChI is InChI=1S/C21H26N2O3/c1-3-22-15-18-7-4-5-8-20(18)23-21(25)9-6-14-26-19-12-10-17(11-13-19)16(2)24/h4-5,7-8,10-13,22H,3,6,9,14-15H2,1-2H3,(H,23,25). The lowest BCUT2D eigenvalue weighted by atomic mass is 10.1. The number of para-hydroxylation sites is 1. The normalized spacial score (nSPS) is 10.4. The van der Waals surface area contributed by atoms with Crippen LogP contribution in [0.25, 0.3) is 0 Å². The molecular formula is C21H26N2O3. The first-order valence-electron chi connectivity index (χ1n) is 8.92. The van der Waals surface area contributed by atoms with E-state index in [-0.39, 0.29) is 11.7 Å². The summed E-state index contributed by atoms with van der Waals surface area (Å²) in [6.45, 7) is 5.64. The highest BCUT2D eigenvalue weighted by molar-refractivity contribution is 5.94. The molecule has 2 aromatic carbocycles. The average molecular weight is 354 g/mol. The molecule has 26 heavy (non-hydrogen) atoms. The molecule has 5 heteroatoms. The molecule has 0 saturated carbocycles. The summed E-state index contributed by atoms with van der Waals surface area (Å²) in [7, 11) is 0. The number of ether oxygens (including phenoxy) is 1. The zero-order valence-corrected chi connectivity index (χ0v) is 15.4. The Hall–Kier alpha value is -2.66. The second kappa shape index (κ2) is 10.4. The number of ketones is 1. The molecule has 0 aliphatic heterocycles. The van der Waals surface area contributed by atoms with Crippen molar-refractivity contribution in [3.05, 3.63) is 59.7 Å². The SMILES string of the molecule is CCNCc1ccccc1NC(=O)CCCOc1ccc(C(C)=O)cc1. The van der Waals surface area contributed by atoms with E-state index in [0.29, 0.717) is 30.8 Å². The van der Waals surface area contributed by atoms with Crippen LogP contribution in [0.4, 0.5) is 5.69 Å². The maximum atomic E-state index is 12.1. The topological polar surface area (TPSA) is 67.4 Å². The maximum Gasteiger partial charge on any atom is 0.224 e. The largest absolute Gasteiger partial charge is 0.494 e. The van der Waals surface area contributed by atoms with E-state index in [9.17, 15) is 9.59 Å². The molecule has 0 atom stereocenters. The number of hydrogen-bond acceptors (Lipinski definition) is 4. The van der Waals surface area contributed by atoms with Crippen LogP contribution in [0.3, 0.4) is 0 Å². The molecule has 0 bridgehead atoms. The van der Waals surface area contributed by atoms with Crippen LogP contribution >= 0.6 is 0 Å². The fourth-order valence-electron chi connectivity index (χ4n) is 2.48. The first-order valence-corrected chi connectivity index (χ1v) is 8.92. The predicted octanol–water partition coefficient (Wildman–Crippen LogP) is 3.80. The van der Waals surface area contributed by atoms with Crippen LogP contribution in [0.2, 0.25) is 0 Å². The molecule has 0 fully saturated rings. The Morgan fingerprint density at radius 3 is 2.46 bits per heavy atom. The van der Waals surface area contributed by atoms with Crippen molar-refractivity contribution >= 4 is 17.4 Å². The van der Waals surface area contributed by atoms with Gasteiger partial charge in [0.15, 0.2) is 5.78 Å². The van der Waals surface area contributed by atoms with Gasteiger partial charge in [-0.1, -0.05) is 25.1 Å². The van der Waals surface area contributed by atoms with Gasteiger partial charge in [0.2, 0.25) is 5.91 Å². The zero-order chi connectivity index (χ0) is 18.8. The molecule has 0 radical (unpaired) electrons. The van der Waals surface area contributed by atoms with Crippen molar-refractivity contribution < 1.29 is 14.3 Å². The van der Waals surface area contributed by atoms with Gasteiger partial charge in [-0.05, 0) is 55.8 Å². The van der Waals surface area contributed by atoms with E-state index in [1.807, 2.05) is 24.3 Å². The Kier molecular flexibility index (Phi) is 7.83. The molecule has 1 amide bonds. The third-order valence-electron chi connectivity index (χ3n) is 3.93. The number of nitrogens with one attached hydrogen (secondary N) is 2. The predicted molar refractivity (Wildman–Crippen MR) is 104 cm³/mol. The van der Waals surface area contributed by atoms with Crippen LogP contribution in [0.15, 0.2) is 48.5 Å². The Morgan fingerprint density at radius 2 is 1.77 bits per heavy atom. The fraction of sp³-hybridized carbons (Fsp3) is 0.333. The highest BCUT2D eigenvalue weighted by Gasteiger charge is 2.06. The quantitative estimate of drug-likeness (QED) is 0.503. The summed E-state index contributed by atoms with van der Waals surface area (Å²) >= 11 is 0. The number of carbonyl (C=O) groups excluding carboxylic acids is 2. The number of anilines is 1. The van der Waals surface area contributed by atoms with Gasteiger partial charge in [-0.3, -0.25) is 9.59 Å². The minimum absolute atomic E-state index is 0.0236. The molecule has 0 aromatic heterocycles. The van der Waals surface area contributed by atoms with Gasteiger partial charge < -0.3 is 15.4 Å². The Morgan fingerprint density at radius 1 is 1.04 bits per heavy atom. The van der Waals surface area contributed by atoms with Crippen molar-refractivity contribution in [2.24, 2.45) is 0 Å². The first kappa shape index (κ1) is 19.7. The number of benzene rings is 2. The highest BCUT2D eigenvalue weighted by Crippen LogP contribution is 2.16. The van der Waals surface area contributed by atoms with Gasteiger partial charge in [0, 0.05) is 24.2 Å². The lowest BCUT2D eigenvalue weighted by molar-refractivity contribution is -0.116. The molecule has 138 valence electrons. The number of carbonyl (C=O) groups is 2. The van der Waals surface area contributed by atoms with Crippen molar-refractivity contribution in [2.75, 3.05) is 18.5 Å². The van der Waals surface area contributed by atoms with Crippen LogP contribution in [0, 0.1) is 0 Å². The van der Waals surface area contributed by atoms with E-state index in [1.54, 1.807) is 24.3 Å². The molecule has 0 spiro atoms. The average Bonchev–Trinajstić information content (AvgIpc) is 2.65. The summed E-state index contributed by atoms with van der Waals surface area (Å²) in [5.41, 5.74) is 2.58. The van der Waals surface area contributed by atoms with Crippen LogP contribution in [0.1, 0.15) is 42.6 Å². The maximum absolute atomic E-state index is 12.1. The van der Waals surface area contributed by atoms with Crippen molar-refractivity contribution in [1.29, 1.82) is 0 Å². The Balaban J connectivity index is 1.74. The van der Waals surface area contributed by atoms with E-state index in [1.165, 1.54) is 6.92 Å². The van der Waals surface area contributed by atoms with Crippen molar-refractivity contribution in [3.8, 4) is 5.75 Å². The molecule has 0 saturated heterocycles. The fourth-order valence-corrected chi connectivity index (χ4v) is 2.48. The third-order valence-corrected chi connectivity index (χ3v) is 3.93. The number of Topliss-reactive ketones (excluding diaryl/α,β-unsaturated/α-hetero) is 1. The smallest absolute Gasteiger partial charge is 0.224 e. The van der Waals surface area contributed by atoms with E-state index in [0.717, 1.165) is 24.3 Å². The molecule has 5 nitrogen and oxygen atoms in total. The van der Waals surface area contributed by atoms with Crippen molar-refractivity contribution in [2.45, 2.75) is 33.2 Å². The molecule has 2 N–H and O–H groups in total. The molecular weight excluding hydrogens is 328 g/mol.